The average Bonchev–Trinajstić information content (AvgIpc) is 2.82. The Morgan fingerprint density at radius 3 is 2.58 bits per heavy atom. The first-order valence-corrected chi connectivity index (χ1v) is 12.8. The standard InChI is InChI=1S/C26H32BrClN2O3/c1-3-19-13-14-24(22(27)15-19)33-17-25(31)30(16-20-9-7-8-12-23(20)28)18(2)26(32)29-21-10-5-4-6-11-21/h7-9,12-15,18,21H,3-6,10-11,16-17H2,1-2H3,(H,29,32). The van der Waals surface area contributed by atoms with Gasteiger partial charge in [0.1, 0.15) is 11.8 Å². The second-order valence-corrected chi connectivity index (χ2v) is 9.80. The lowest BCUT2D eigenvalue weighted by Crippen LogP contribution is -2.51. The van der Waals surface area contributed by atoms with Crippen LogP contribution >= 0.6 is 27.5 Å². The van der Waals surface area contributed by atoms with E-state index in [2.05, 4.69) is 28.2 Å². The number of nitrogens with one attached hydrogen (secondary N) is 1. The summed E-state index contributed by atoms with van der Waals surface area (Å²) in [7, 11) is 0. The molecule has 33 heavy (non-hydrogen) atoms. The Morgan fingerprint density at radius 1 is 1.18 bits per heavy atom. The van der Waals surface area contributed by atoms with Crippen molar-refractivity contribution < 1.29 is 14.3 Å². The van der Waals surface area contributed by atoms with Crippen LogP contribution < -0.4 is 10.1 Å². The Morgan fingerprint density at radius 2 is 1.91 bits per heavy atom. The largest absolute Gasteiger partial charge is 0.483 e. The number of aryl methyl sites for hydroxylation is 1. The minimum atomic E-state index is -0.648. The van der Waals surface area contributed by atoms with Crippen LogP contribution in [0.25, 0.3) is 0 Å². The number of benzene rings is 2. The van der Waals surface area contributed by atoms with Gasteiger partial charge in [0.2, 0.25) is 5.91 Å². The lowest BCUT2D eigenvalue weighted by atomic mass is 9.95. The molecule has 3 rings (SSSR count). The molecule has 1 saturated carbocycles. The molecule has 2 aromatic rings. The molecule has 0 aliphatic heterocycles. The maximum absolute atomic E-state index is 13.3. The van der Waals surface area contributed by atoms with Crippen molar-refractivity contribution in [2.75, 3.05) is 6.61 Å². The average molecular weight is 536 g/mol. The number of hydrogen-bond acceptors (Lipinski definition) is 3. The van der Waals surface area contributed by atoms with Crippen LogP contribution in [-0.4, -0.2) is 35.4 Å². The molecule has 0 bridgehead atoms. The van der Waals surface area contributed by atoms with Gasteiger partial charge in [0.25, 0.3) is 5.91 Å². The van der Waals surface area contributed by atoms with E-state index in [0.29, 0.717) is 10.8 Å². The number of nitrogens with zero attached hydrogens (tertiary/aromatic N) is 1. The molecule has 0 heterocycles. The maximum Gasteiger partial charge on any atom is 0.261 e. The third-order valence-corrected chi connectivity index (χ3v) is 7.16. The molecule has 5 nitrogen and oxygen atoms in total. The second-order valence-electron chi connectivity index (χ2n) is 8.54. The maximum atomic E-state index is 13.3. The molecule has 2 aromatic carbocycles. The fourth-order valence-corrected chi connectivity index (χ4v) is 4.80. The summed E-state index contributed by atoms with van der Waals surface area (Å²) in [6.07, 6.45) is 6.36. The van der Waals surface area contributed by atoms with Gasteiger partial charge in [-0.3, -0.25) is 9.59 Å². The van der Waals surface area contributed by atoms with E-state index in [1.807, 2.05) is 36.4 Å². The van der Waals surface area contributed by atoms with Crippen molar-refractivity contribution in [3.05, 3.63) is 63.1 Å². The minimum Gasteiger partial charge on any atom is -0.483 e. The third kappa shape index (κ3) is 7.21. The van der Waals surface area contributed by atoms with Gasteiger partial charge in [-0.1, -0.05) is 62.1 Å². The van der Waals surface area contributed by atoms with E-state index in [1.165, 1.54) is 12.0 Å². The molecule has 1 atom stereocenters. The highest BCUT2D eigenvalue weighted by Gasteiger charge is 2.29. The van der Waals surface area contributed by atoms with Crippen molar-refractivity contribution in [3.63, 3.8) is 0 Å². The van der Waals surface area contributed by atoms with Crippen molar-refractivity contribution in [1.82, 2.24) is 10.2 Å². The van der Waals surface area contributed by atoms with Crippen LogP contribution in [0, 0.1) is 0 Å². The number of carbonyl (C=O) groups excluding carboxylic acids is 2. The van der Waals surface area contributed by atoms with Crippen molar-refractivity contribution in [2.24, 2.45) is 0 Å². The molecule has 2 amide bonds. The molecule has 1 unspecified atom stereocenters. The van der Waals surface area contributed by atoms with Crippen molar-refractivity contribution in [3.8, 4) is 5.75 Å². The molecule has 7 heteroatoms. The van der Waals surface area contributed by atoms with E-state index in [9.17, 15) is 9.59 Å². The summed E-state index contributed by atoms with van der Waals surface area (Å²) < 4.78 is 6.63. The monoisotopic (exact) mass is 534 g/mol. The molecular formula is C26H32BrClN2O3. The third-order valence-electron chi connectivity index (χ3n) is 6.17. The predicted molar refractivity (Wildman–Crippen MR) is 135 cm³/mol. The summed E-state index contributed by atoms with van der Waals surface area (Å²) >= 11 is 9.87. The zero-order valence-electron chi connectivity index (χ0n) is 19.3. The summed E-state index contributed by atoms with van der Waals surface area (Å²) in [4.78, 5) is 27.9. The number of rotatable bonds is 9. The Kier molecular flexibility index (Phi) is 9.63. The number of amides is 2. The van der Waals surface area contributed by atoms with E-state index in [4.69, 9.17) is 16.3 Å². The molecule has 178 valence electrons. The van der Waals surface area contributed by atoms with Crippen LogP contribution in [0.3, 0.4) is 0 Å². The van der Waals surface area contributed by atoms with Gasteiger partial charge in [0.15, 0.2) is 6.61 Å². The Hall–Kier alpha value is -2.05. The van der Waals surface area contributed by atoms with Gasteiger partial charge in [0.05, 0.1) is 4.47 Å². The smallest absolute Gasteiger partial charge is 0.261 e. The molecule has 0 saturated heterocycles. The highest BCUT2D eigenvalue weighted by atomic mass is 79.9. The predicted octanol–water partition coefficient (Wildman–Crippen LogP) is 5.91. The van der Waals surface area contributed by atoms with Crippen molar-refractivity contribution >= 4 is 39.3 Å². The first-order chi connectivity index (χ1) is 15.9. The lowest BCUT2D eigenvalue weighted by Gasteiger charge is -2.31. The van der Waals surface area contributed by atoms with Crippen molar-refractivity contribution in [1.29, 1.82) is 0 Å². The van der Waals surface area contributed by atoms with Gasteiger partial charge < -0.3 is 15.0 Å². The van der Waals surface area contributed by atoms with Gasteiger partial charge in [-0.05, 0) is 71.4 Å². The Labute approximate surface area is 210 Å². The molecule has 1 N–H and O–H groups in total. The van der Waals surface area contributed by atoms with Crippen LogP contribution in [0.4, 0.5) is 0 Å². The first-order valence-electron chi connectivity index (χ1n) is 11.6. The van der Waals surface area contributed by atoms with Gasteiger partial charge >= 0.3 is 0 Å². The van der Waals surface area contributed by atoms with E-state index in [1.54, 1.807) is 17.9 Å². The summed E-state index contributed by atoms with van der Waals surface area (Å²) in [5.41, 5.74) is 1.97. The van der Waals surface area contributed by atoms with Crippen LogP contribution in [0.15, 0.2) is 46.9 Å². The summed E-state index contributed by atoms with van der Waals surface area (Å²) in [5.74, 6) is 0.181. The topological polar surface area (TPSA) is 58.6 Å². The molecule has 0 radical (unpaired) electrons. The number of carbonyl (C=O) groups is 2. The van der Waals surface area contributed by atoms with Crippen LogP contribution in [0.5, 0.6) is 5.75 Å². The van der Waals surface area contributed by atoms with Gasteiger partial charge in [-0.15, -0.1) is 0 Å². The SMILES string of the molecule is CCc1ccc(OCC(=O)N(Cc2ccccc2Cl)C(C)C(=O)NC2CCCCC2)c(Br)c1. The highest BCUT2D eigenvalue weighted by molar-refractivity contribution is 9.10. The number of hydrogen-bond donors (Lipinski definition) is 1. The van der Waals surface area contributed by atoms with E-state index < -0.39 is 6.04 Å². The van der Waals surface area contributed by atoms with E-state index >= 15 is 0 Å². The van der Waals surface area contributed by atoms with Gasteiger partial charge in [-0.2, -0.15) is 0 Å². The second kappa shape index (κ2) is 12.4. The molecular weight excluding hydrogens is 504 g/mol. The fourth-order valence-electron chi connectivity index (χ4n) is 4.07. The fraction of sp³-hybridized carbons (Fsp3) is 0.462. The Balaban J connectivity index is 1.73. The zero-order valence-corrected chi connectivity index (χ0v) is 21.6. The van der Waals surface area contributed by atoms with Crippen LogP contribution in [0.1, 0.15) is 57.1 Å². The van der Waals surface area contributed by atoms with Gasteiger partial charge in [0, 0.05) is 17.6 Å². The van der Waals surface area contributed by atoms with Gasteiger partial charge in [-0.25, -0.2) is 0 Å². The molecule has 1 aliphatic rings. The zero-order chi connectivity index (χ0) is 23.8. The number of halogens is 2. The quantitative estimate of drug-likeness (QED) is 0.434. The Bertz CT molecular complexity index is 962. The molecule has 1 fully saturated rings. The summed E-state index contributed by atoms with van der Waals surface area (Å²) in [6, 6.07) is 12.7. The molecule has 0 spiro atoms. The van der Waals surface area contributed by atoms with E-state index in [-0.39, 0.29) is 31.0 Å². The summed E-state index contributed by atoms with van der Waals surface area (Å²) in [5, 5.41) is 3.70. The van der Waals surface area contributed by atoms with Crippen LogP contribution in [-0.2, 0) is 22.6 Å². The molecule has 1 aliphatic carbocycles. The normalized spacial score (nSPS) is 15.0. The highest BCUT2D eigenvalue weighted by Crippen LogP contribution is 2.27. The summed E-state index contributed by atoms with van der Waals surface area (Å²) in [6.45, 7) is 3.91. The number of ether oxygens (including phenoxy) is 1. The first kappa shape index (κ1) is 25.6. The van der Waals surface area contributed by atoms with E-state index in [0.717, 1.165) is 42.1 Å². The molecule has 0 aromatic heterocycles. The lowest BCUT2D eigenvalue weighted by molar-refractivity contribution is -0.142. The van der Waals surface area contributed by atoms with Crippen LogP contribution in [0.2, 0.25) is 5.02 Å². The van der Waals surface area contributed by atoms with Crippen molar-refractivity contribution in [2.45, 2.75) is 71.0 Å². The minimum absolute atomic E-state index is 0.143.